The summed E-state index contributed by atoms with van der Waals surface area (Å²) in [6, 6.07) is 0. The Kier molecular flexibility index (Phi) is 83.6. The Balaban J connectivity index is -0.00000000750. The zero-order chi connectivity index (χ0) is 3.58. The minimum atomic E-state index is -2.92. The van der Waals surface area contributed by atoms with Crippen LogP contribution in [0.15, 0.2) is 0 Å². The van der Waals surface area contributed by atoms with Crippen LogP contribution in [0.3, 0.4) is 0 Å². The SMILES string of the molecule is [Ca+2].[Er+3].[Gd+3].[O+2].[O-]B([O-])[O-]. The van der Waals surface area contributed by atoms with Crippen LogP contribution in [0.4, 0.5) is 0 Å². The van der Waals surface area contributed by atoms with E-state index >= 15 is 0 Å². The van der Waals surface area contributed by atoms with Crippen LogP contribution in [0.25, 0.3) is 0 Å². The van der Waals surface area contributed by atoms with Crippen LogP contribution in [-0.4, -0.2) is 45.1 Å². The van der Waals surface area contributed by atoms with Gasteiger partial charge in [0.1, 0.15) is 0 Å². The predicted molar refractivity (Wildman–Crippen MR) is 12.2 cm³/mol. The van der Waals surface area contributed by atoms with Gasteiger partial charge in [0.15, 0.2) is 0 Å². The van der Waals surface area contributed by atoms with Gasteiger partial charge in [-0.05, 0) is 0 Å². The summed E-state index contributed by atoms with van der Waals surface area (Å²) in [7, 11) is -2.92. The number of hydrogen-bond acceptors (Lipinski definition) is 3. The third kappa shape index (κ3) is 53.2. The topological polar surface area (TPSA) is 97.7 Å². The fourth-order valence-electron chi connectivity index (χ4n) is 0. The van der Waals surface area contributed by atoms with Crippen molar-refractivity contribution in [2.75, 3.05) is 0 Å². The second kappa shape index (κ2) is 22.4. The summed E-state index contributed by atoms with van der Waals surface area (Å²) in [4.78, 5) is 0. The second-order valence-electron chi connectivity index (χ2n) is 0.289. The molecule has 4 nitrogen and oxygen atoms in total. The molecule has 0 N–H and O–H groups in total. The molecular weight excluding hydrogens is 439 g/mol. The smallest absolute Gasteiger partial charge is 0.907 e. The Hall–Kier alpha value is 3.74. The van der Waals surface area contributed by atoms with E-state index in [0.717, 1.165) is 0 Å². The molecule has 0 unspecified atom stereocenters. The first-order valence-corrected chi connectivity index (χ1v) is 0.707. The van der Waals surface area contributed by atoms with Gasteiger partial charge in [0.05, 0.1) is 0 Å². The summed E-state index contributed by atoms with van der Waals surface area (Å²) in [6.45, 7) is 0. The molecular formula is BCaErGdO4+7. The van der Waals surface area contributed by atoms with Gasteiger partial charge in [0, 0.05) is 0 Å². The molecule has 0 aromatic carbocycles. The fraction of sp³-hybridized carbons (Fsp3) is 0. The molecule has 0 rings (SSSR count). The molecule has 0 spiro atoms. The first-order chi connectivity index (χ1) is 1.73. The van der Waals surface area contributed by atoms with Gasteiger partial charge in [-0.15, -0.1) is 0 Å². The molecule has 0 aliphatic carbocycles. The van der Waals surface area contributed by atoms with Crippen molar-refractivity contribution in [3.8, 4) is 0 Å². The van der Waals surface area contributed by atoms with E-state index in [4.69, 9.17) is 15.1 Å². The van der Waals surface area contributed by atoms with Crippen molar-refractivity contribution in [1.29, 1.82) is 0 Å². The minimum Gasteiger partial charge on any atom is -0.907 e. The van der Waals surface area contributed by atoms with Crippen molar-refractivity contribution in [2.24, 2.45) is 0 Å². The van der Waals surface area contributed by atoms with E-state index in [1.54, 1.807) is 0 Å². The number of rotatable bonds is 0. The first kappa shape index (κ1) is 29.8. The van der Waals surface area contributed by atoms with Crippen LogP contribution in [0.1, 0.15) is 0 Å². The van der Waals surface area contributed by atoms with Crippen molar-refractivity contribution in [2.45, 2.75) is 0 Å². The summed E-state index contributed by atoms with van der Waals surface area (Å²) < 4.78 is 0. The maximum absolute atomic E-state index is 8.42. The Labute approximate surface area is 139 Å². The zero-order valence-corrected chi connectivity index (χ0v) is 9.89. The average Bonchev–Trinajstić information content (AvgIpc) is 0.811. The van der Waals surface area contributed by atoms with E-state index in [1.165, 1.54) is 0 Å². The van der Waals surface area contributed by atoms with Crippen molar-refractivity contribution < 1.29 is 97.8 Å². The fourth-order valence-corrected chi connectivity index (χ4v) is 0. The molecule has 8 heavy (non-hydrogen) atoms. The molecule has 42 valence electrons. The standard InChI is InChI=1S/BO3.Ca.Er.Gd.O/c2-1(3)4;;;;/q-3;+2;2*+3;+2. The maximum Gasteiger partial charge on any atom is 3.00 e. The van der Waals surface area contributed by atoms with Gasteiger partial charge in [-0.25, -0.2) is 0 Å². The predicted octanol–water partition coefficient (Wildman–Crippen LogP) is -4.45. The van der Waals surface area contributed by atoms with Crippen LogP contribution >= 0.6 is 0 Å². The van der Waals surface area contributed by atoms with E-state index in [-0.39, 0.29) is 120 Å². The normalized spacial score (nSPS) is 3.38. The van der Waals surface area contributed by atoms with Crippen LogP contribution < -0.4 is 15.1 Å². The quantitative estimate of drug-likeness (QED) is 0.356. The Morgan fingerprint density at radius 1 is 1.00 bits per heavy atom. The first-order valence-electron chi connectivity index (χ1n) is 0.707. The van der Waals surface area contributed by atoms with E-state index in [0.29, 0.717) is 0 Å². The van der Waals surface area contributed by atoms with Gasteiger partial charge in [-0.2, -0.15) is 0 Å². The molecule has 0 aliphatic heterocycles. The van der Waals surface area contributed by atoms with E-state index < -0.39 is 7.32 Å². The molecule has 0 saturated heterocycles. The summed E-state index contributed by atoms with van der Waals surface area (Å²) in [6.07, 6.45) is 0. The van der Waals surface area contributed by atoms with Gasteiger partial charge < -0.3 is 15.1 Å². The van der Waals surface area contributed by atoms with Crippen molar-refractivity contribution in [3.05, 3.63) is 0 Å². The maximum atomic E-state index is 8.42. The van der Waals surface area contributed by atoms with Gasteiger partial charge in [0.2, 0.25) is 0 Å². The number of hydrogen-bond donors (Lipinski definition) is 0. The Bertz CT molecular complexity index is 20.8. The molecule has 6 radical (unpaired) electrons. The van der Waals surface area contributed by atoms with Crippen LogP contribution in [-0.2, 0) is 5.48 Å². The third-order valence-electron chi connectivity index (χ3n) is 0. The van der Waals surface area contributed by atoms with Crippen molar-refractivity contribution in [3.63, 3.8) is 0 Å². The van der Waals surface area contributed by atoms with Crippen molar-refractivity contribution in [1.82, 2.24) is 0 Å². The van der Waals surface area contributed by atoms with E-state index in [9.17, 15) is 0 Å². The van der Waals surface area contributed by atoms with Crippen LogP contribution in [0.2, 0.25) is 0 Å². The van der Waals surface area contributed by atoms with Crippen molar-refractivity contribution >= 4 is 45.1 Å². The molecule has 0 aliphatic rings. The molecule has 0 saturated carbocycles. The summed E-state index contributed by atoms with van der Waals surface area (Å²) >= 11 is 0. The van der Waals surface area contributed by atoms with E-state index in [2.05, 4.69) is 0 Å². The Morgan fingerprint density at radius 2 is 1.00 bits per heavy atom. The molecule has 0 amide bonds. The van der Waals surface area contributed by atoms with Gasteiger partial charge in [-0.3, -0.25) is 7.32 Å². The molecule has 0 bridgehead atoms. The Morgan fingerprint density at radius 3 is 1.00 bits per heavy atom. The second-order valence-corrected chi connectivity index (χ2v) is 0.289. The molecule has 0 atom stereocenters. The average molecular weight is 439 g/mol. The third-order valence-corrected chi connectivity index (χ3v) is 0. The minimum absolute atomic E-state index is 0. The van der Waals surface area contributed by atoms with Crippen LogP contribution in [0.5, 0.6) is 0 Å². The zero-order valence-electron chi connectivity index (χ0n) is 3.56. The monoisotopic (exact) mass is 439 g/mol. The van der Waals surface area contributed by atoms with Crippen LogP contribution in [0, 0.1) is 77.2 Å². The molecule has 0 aromatic heterocycles. The summed E-state index contributed by atoms with van der Waals surface area (Å²) in [5.41, 5.74) is 0. The molecule has 0 heterocycles. The van der Waals surface area contributed by atoms with Gasteiger partial charge >= 0.3 is 120 Å². The molecule has 0 fully saturated rings. The van der Waals surface area contributed by atoms with E-state index in [1.807, 2.05) is 0 Å². The summed E-state index contributed by atoms with van der Waals surface area (Å²) in [5, 5.41) is 25.2. The van der Waals surface area contributed by atoms with Gasteiger partial charge in [-0.1, -0.05) is 0 Å². The van der Waals surface area contributed by atoms with Gasteiger partial charge in [0.25, 0.3) is 0 Å². The largest absolute Gasteiger partial charge is 3.00 e. The molecule has 8 heteroatoms. The summed E-state index contributed by atoms with van der Waals surface area (Å²) in [5.74, 6) is 0. The molecule has 0 aromatic rings.